The lowest BCUT2D eigenvalue weighted by atomic mass is 10.1. The van der Waals surface area contributed by atoms with E-state index in [-0.39, 0.29) is 12.6 Å². The topological polar surface area (TPSA) is 46.5 Å². The zero-order valence-corrected chi connectivity index (χ0v) is 7.04. The van der Waals surface area contributed by atoms with E-state index in [1.165, 1.54) is 0 Å². The van der Waals surface area contributed by atoms with Crippen LogP contribution in [0.3, 0.4) is 0 Å². The summed E-state index contributed by atoms with van der Waals surface area (Å²) in [6, 6.07) is 0. The van der Waals surface area contributed by atoms with Gasteiger partial charge < -0.3 is 9.84 Å². The van der Waals surface area contributed by atoms with Gasteiger partial charge in [0.1, 0.15) is 6.61 Å². The third kappa shape index (κ3) is 7.33. The van der Waals surface area contributed by atoms with Crippen LogP contribution in [0.1, 0.15) is 20.3 Å². The highest BCUT2D eigenvalue weighted by molar-refractivity contribution is 5.69. The van der Waals surface area contributed by atoms with Crippen LogP contribution in [-0.2, 0) is 9.53 Å². The SMILES string of the molecule is [CH2]C(O)COC(=O)CC(C)C. The molecule has 0 aliphatic rings. The van der Waals surface area contributed by atoms with Crippen molar-refractivity contribution in [2.75, 3.05) is 6.61 Å². The summed E-state index contributed by atoms with van der Waals surface area (Å²) in [5, 5.41) is 8.65. The van der Waals surface area contributed by atoms with Crippen LogP contribution < -0.4 is 0 Å². The molecule has 3 nitrogen and oxygen atoms in total. The second-order valence-corrected chi connectivity index (χ2v) is 2.93. The van der Waals surface area contributed by atoms with Crippen LogP contribution in [0, 0.1) is 12.8 Å². The summed E-state index contributed by atoms with van der Waals surface area (Å²) in [4.78, 5) is 10.8. The predicted octanol–water partition coefficient (Wildman–Crippen LogP) is 0.771. The molecule has 0 heterocycles. The summed E-state index contributed by atoms with van der Waals surface area (Å²) in [6.07, 6.45) is -0.418. The average molecular weight is 159 g/mol. The van der Waals surface area contributed by atoms with Gasteiger partial charge in [-0.05, 0) is 12.8 Å². The van der Waals surface area contributed by atoms with Crippen LogP contribution >= 0.6 is 0 Å². The van der Waals surface area contributed by atoms with E-state index < -0.39 is 6.10 Å². The predicted molar refractivity (Wildman–Crippen MR) is 41.8 cm³/mol. The minimum atomic E-state index is -0.814. The molecule has 0 aromatic heterocycles. The van der Waals surface area contributed by atoms with Gasteiger partial charge in [-0.25, -0.2) is 0 Å². The maximum atomic E-state index is 10.8. The second kappa shape index (κ2) is 5.13. The Bertz CT molecular complexity index is 119. The highest BCUT2D eigenvalue weighted by Gasteiger charge is 2.06. The number of aliphatic hydroxyl groups is 1. The number of hydrogen-bond acceptors (Lipinski definition) is 3. The van der Waals surface area contributed by atoms with Crippen molar-refractivity contribution in [3.63, 3.8) is 0 Å². The maximum Gasteiger partial charge on any atom is 0.306 e. The second-order valence-electron chi connectivity index (χ2n) is 2.93. The Labute approximate surface area is 67.4 Å². The molecule has 0 rings (SSSR count). The first-order valence-corrected chi connectivity index (χ1v) is 3.69. The first kappa shape index (κ1) is 10.4. The van der Waals surface area contributed by atoms with Gasteiger partial charge in [-0.2, -0.15) is 0 Å². The Morgan fingerprint density at radius 2 is 2.18 bits per heavy atom. The van der Waals surface area contributed by atoms with Crippen molar-refractivity contribution in [1.29, 1.82) is 0 Å². The summed E-state index contributed by atoms with van der Waals surface area (Å²) in [7, 11) is 0. The van der Waals surface area contributed by atoms with Crippen molar-refractivity contribution in [2.24, 2.45) is 5.92 Å². The Hall–Kier alpha value is -0.570. The zero-order chi connectivity index (χ0) is 8.85. The molecule has 0 aromatic carbocycles. The molecule has 0 saturated carbocycles. The number of esters is 1. The first-order chi connectivity index (χ1) is 5.02. The van der Waals surface area contributed by atoms with Crippen LogP contribution in [0.5, 0.6) is 0 Å². The van der Waals surface area contributed by atoms with Gasteiger partial charge in [0.05, 0.1) is 6.10 Å². The molecular formula is C8H15O3. The quantitative estimate of drug-likeness (QED) is 0.616. The van der Waals surface area contributed by atoms with Crippen LogP contribution in [0.4, 0.5) is 0 Å². The van der Waals surface area contributed by atoms with E-state index in [2.05, 4.69) is 11.7 Å². The third-order valence-corrected chi connectivity index (χ3v) is 1.01. The third-order valence-electron chi connectivity index (χ3n) is 1.01. The van der Waals surface area contributed by atoms with E-state index in [9.17, 15) is 4.79 Å². The normalized spacial score (nSPS) is 13.2. The molecule has 3 heteroatoms. The largest absolute Gasteiger partial charge is 0.463 e. The van der Waals surface area contributed by atoms with E-state index in [4.69, 9.17) is 5.11 Å². The highest BCUT2D eigenvalue weighted by Crippen LogP contribution is 2.00. The number of hydrogen-bond donors (Lipinski definition) is 1. The minimum Gasteiger partial charge on any atom is -0.463 e. The summed E-state index contributed by atoms with van der Waals surface area (Å²) < 4.78 is 4.66. The van der Waals surface area contributed by atoms with Crippen molar-refractivity contribution in [3.8, 4) is 0 Å². The molecule has 65 valence electrons. The molecule has 0 aliphatic carbocycles. The molecule has 0 saturated heterocycles. The lowest BCUT2D eigenvalue weighted by Gasteiger charge is -2.07. The first-order valence-electron chi connectivity index (χ1n) is 3.69. The maximum absolute atomic E-state index is 10.8. The highest BCUT2D eigenvalue weighted by atomic mass is 16.5. The van der Waals surface area contributed by atoms with Gasteiger partial charge in [0.2, 0.25) is 0 Å². The van der Waals surface area contributed by atoms with Crippen LogP contribution in [-0.4, -0.2) is 23.8 Å². The fourth-order valence-corrected chi connectivity index (χ4v) is 0.581. The van der Waals surface area contributed by atoms with Crippen LogP contribution in [0.15, 0.2) is 0 Å². The molecule has 0 spiro atoms. The number of carbonyl (C=O) groups excluding carboxylic acids is 1. The summed E-state index contributed by atoms with van der Waals surface area (Å²) in [5.41, 5.74) is 0. The number of ether oxygens (including phenoxy) is 1. The van der Waals surface area contributed by atoms with Gasteiger partial charge in [0.25, 0.3) is 0 Å². The number of aliphatic hydroxyl groups excluding tert-OH is 1. The smallest absolute Gasteiger partial charge is 0.306 e. The Morgan fingerprint density at radius 1 is 1.64 bits per heavy atom. The molecule has 1 N–H and O–H groups in total. The lowest BCUT2D eigenvalue weighted by molar-refractivity contribution is -0.146. The summed E-state index contributed by atoms with van der Waals surface area (Å²) in [5.74, 6) is 0.0205. The lowest BCUT2D eigenvalue weighted by Crippen LogP contribution is -2.16. The standard InChI is InChI=1S/C8H15O3/c1-6(2)4-8(10)11-5-7(3)9/h6-7,9H,3-5H2,1-2H3. The molecular weight excluding hydrogens is 144 g/mol. The Balaban J connectivity index is 3.38. The van der Waals surface area contributed by atoms with Crippen LogP contribution in [0.25, 0.3) is 0 Å². The van der Waals surface area contributed by atoms with Gasteiger partial charge in [0, 0.05) is 6.42 Å². The molecule has 0 aromatic rings. The number of rotatable bonds is 4. The number of carbonyl (C=O) groups is 1. The van der Waals surface area contributed by atoms with Gasteiger partial charge in [-0.1, -0.05) is 13.8 Å². The molecule has 11 heavy (non-hydrogen) atoms. The van der Waals surface area contributed by atoms with Gasteiger partial charge >= 0.3 is 5.97 Å². The fraction of sp³-hybridized carbons (Fsp3) is 0.750. The monoisotopic (exact) mass is 159 g/mol. The minimum absolute atomic E-state index is 0.00838. The van der Waals surface area contributed by atoms with E-state index in [0.717, 1.165) is 0 Å². The van der Waals surface area contributed by atoms with Gasteiger partial charge in [-0.15, -0.1) is 0 Å². The van der Waals surface area contributed by atoms with Gasteiger partial charge in [-0.3, -0.25) is 4.79 Å². The van der Waals surface area contributed by atoms with Gasteiger partial charge in [0.15, 0.2) is 0 Å². The molecule has 0 amide bonds. The molecule has 0 bridgehead atoms. The van der Waals surface area contributed by atoms with Crippen LogP contribution in [0.2, 0.25) is 0 Å². The van der Waals surface area contributed by atoms with E-state index in [1.54, 1.807) is 0 Å². The zero-order valence-electron chi connectivity index (χ0n) is 7.04. The molecule has 0 aliphatic heterocycles. The van der Waals surface area contributed by atoms with Crippen molar-refractivity contribution >= 4 is 5.97 Å². The van der Waals surface area contributed by atoms with Crippen molar-refractivity contribution in [3.05, 3.63) is 6.92 Å². The Kier molecular flexibility index (Phi) is 4.86. The van der Waals surface area contributed by atoms with Crippen molar-refractivity contribution in [1.82, 2.24) is 0 Å². The molecule has 1 radical (unpaired) electrons. The molecule has 1 unspecified atom stereocenters. The summed E-state index contributed by atoms with van der Waals surface area (Å²) in [6.45, 7) is 7.12. The van der Waals surface area contributed by atoms with E-state index in [0.29, 0.717) is 12.3 Å². The molecule has 1 atom stereocenters. The molecule has 0 fully saturated rings. The Morgan fingerprint density at radius 3 is 2.55 bits per heavy atom. The average Bonchev–Trinajstić information content (AvgIpc) is 1.82. The van der Waals surface area contributed by atoms with E-state index >= 15 is 0 Å². The fourth-order valence-electron chi connectivity index (χ4n) is 0.581. The summed E-state index contributed by atoms with van der Waals surface area (Å²) >= 11 is 0. The van der Waals surface area contributed by atoms with E-state index in [1.807, 2.05) is 13.8 Å². The van der Waals surface area contributed by atoms with Crippen molar-refractivity contribution < 1.29 is 14.6 Å². The van der Waals surface area contributed by atoms with Crippen molar-refractivity contribution in [2.45, 2.75) is 26.4 Å².